The van der Waals surface area contributed by atoms with Gasteiger partial charge in [0.05, 0.1) is 18.0 Å². The molecule has 0 aliphatic heterocycles. The quantitative estimate of drug-likeness (QED) is 0.344. The Hall–Kier alpha value is 0.450. The Bertz CT molecular complexity index is 348. The third kappa shape index (κ3) is 10.1. The minimum atomic E-state index is -4.63. The molecular formula is C5H15O9P3. The van der Waals surface area contributed by atoms with Crippen molar-refractivity contribution in [2.45, 2.75) is 18.5 Å². The van der Waals surface area contributed by atoms with Crippen molar-refractivity contribution in [3.63, 3.8) is 0 Å². The Morgan fingerprint density at radius 1 is 0.706 bits per heavy atom. The average molecular weight is 312 g/mol. The molecule has 0 radical (unpaired) electrons. The van der Waals surface area contributed by atoms with Gasteiger partial charge in [0.1, 0.15) is 0 Å². The first-order valence-electron chi connectivity index (χ1n) is 4.45. The lowest BCUT2D eigenvalue weighted by molar-refractivity contribution is 0.346. The largest absolute Gasteiger partial charge is 0.328 e. The van der Waals surface area contributed by atoms with E-state index < -0.39 is 53.6 Å². The topological polar surface area (TPSA) is 173 Å². The molecule has 0 unspecified atom stereocenters. The summed E-state index contributed by atoms with van der Waals surface area (Å²) in [4.78, 5) is 52.0. The molecule has 0 amide bonds. The molecule has 0 saturated carbocycles. The van der Waals surface area contributed by atoms with Gasteiger partial charge in [-0.2, -0.15) is 0 Å². The van der Waals surface area contributed by atoms with Gasteiger partial charge in [0.15, 0.2) is 0 Å². The summed E-state index contributed by atoms with van der Waals surface area (Å²) in [6, 6.07) is 0. The van der Waals surface area contributed by atoms with Crippen LogP contribution in [0.4, 0.5) is 0 Å². The van der Waals surface area contributed by atoms with Gasteiger partial charge in [-0.3, -0.25) is 13.7 Å². The van der Waals surface area contributed by atoms with E-state index in [1.165, 1.54) is 0 Å². The summed E-state index contributed by atoms with van der Waals surface area (Å²) >= 11 is 0. The number of hydrogen-bond donors (Lipinski definition) is 6. The molecule has 0 aliphatic rings. The van der Waals surface area contributed by atoms with Crippen LogP contribution < -0.4 is 0 Å². The molecule has 0 rings (SSSR count). The Morgan fingerprint density at radius 2 is 1.00 bits per heavy atom. The van der Waals surface area contributed by atoms with Gasteiger partial charge >= 0.3 is 22.8 Å². The molecule has 6 N–H and O–H groups in total. The van der Waals surface area contributed by atoms with Crippen LogP contribution in [0.15, 0.2) is 0 Å². The molecule has 0 aliphatic carbocycles. The lowest BCUT2D eigenvalue weighted by atomic mass is 10.3. The first-order chi connectivity index (χ1) is 7.31. The van der Waals surface area contributed by atoms with E-state index in [-0.39, 0.29) is 0 Å². The van der Waals surface area contributed by atoms with E-state index >= 15 is 0 Å². The second-order valence-electron chi connectivity index (χ2n) is 3.60. The molecule has 12 heteroatoms. The standard InChI is InChI=1S/C5H15O9P3/c6-15(7,8)3-1-5(17(12,13)14)2-4-16(9,10)11/h5H,1-4H2,(H2,6,7,8)(H2,9,10,11)(H2,12,13,14). The van der Waals surface area contributed by atoms with Crippen LogP contribution in [0.2, 0.25) is 0 Å². The van der Waals surface area contributed by atoms with Crippen molar-refractivity contribution in [2.75, 3.05) is 12.3 Å². The Morgan fingerprint density at radius 3 is 1.18 bits per heavy atom. The van der Waals surface area contributed by atoms with Crippen LogP contribution in [0.25, 0.3) is 0 Å². The molecule has 0 fully saturated rings. The van der Waals surface area contributed by atoms with Crippen LogP contribution in [-0.4, -0.2) is 47.3 Å². The Kier molecular flexibility index (Phi) is 6.22. The second-order valence-corrected chi connectivity index (χ2v) is 9.06. The lowest BCUT2D eigenvalue weighted by Crippen LogP contribution is -2.13. The monoisotopic (exact) mass is 312 g/mol. The van der Waals surface area contributed by atoms with Crippen LogP contribution in [0.3, 0.4) is 0 Å². The van der Waals surface area contributed by atoms with Crippen LogP contribution in [0.5, 0.6) is 0 Å². The highest BCUT2D eigenvalue weighted by atomic mass is 31.2. The summed E-state index contributed by atoms with van der Waals surface area (Å²) in [5.41, 5.74) is -1.46. The van der Waals surface area contributed by atoms with Gasteiger partial charge < -0.3 is 29.4 Å². The average Bonchev–Trinajstić information content (AvgIpc) is 1.96. The van der Waals surface area contributed by atoms with Crippen LogP contribution in [-0.2, 0) is 13.7 Å². The highest BCUT2D eigenvalue weighted by molar-refractivity contribution is 7.53. The van der Waals surface area contributed by atoms with Gasteiger partial charge in [0, 0.05) is 0 Å². The maximum atomic E-state index is 11.0. The predicted octanol–water partition coefficient (Wildman–Crippen LogP) is -0.332. The van der Waals surface area contributed by atoms with E-state index in [1.54, 1.807) is 0 Å². The van der Waals surface area contributed by atoms with Crippen molar-refractivity contribution in [1.29, 1.82) is 0 Å². The van der Waals surface area contributed by atoms with Crippen molar-refractivity contribution in [2.24, 2.45) is 0 Å². The molecule has 0 aromatic heterocycles. The van der Waals surface area contributed by atoms with Gasteiger partial charge in [-0.15, -0.1) is 0 Å². The van der Waals surface area contributed by atoms with E-state index in [4.69, 9.17) is 29.4 Å². The molecule has 0 spiro atoms. The summed E-state index contributed by atoms with van der Waals surface area (Å²) in [7, 11) is -13.4. The molecule has 104 valence electrons. The third-order valence-corrected chi connectivity index (χ3v) is 5.13. The molecular weight excluding hydrogens is 297 g/mol. The Labute approximate surface area is 97.4 Å². The normalized spacial score (nSPS) is 14.3. The van der Waals surface area contributed by atoms with Crippen molar-refractivity contribution in [1.82, 2.24) is 0 Å². The minimum Gasteiger partial charge on any atom is -0.324 e. The minimum absolute atomic E-state index is 0.492. The highest BCUT2D eigenvalue weighted by Crippen LogP contribution is 2.49. The molecule has 0 bridgehead atoms. The maximum Gasteiger partial charge on any atom is 0.328 e. The molecule has 0 atom stereocenters. The molecule has 17 heavy (non-hydrogen) atoms. The number of rotatable bonds is 7. The van der Waals surface area contributed by atoms with Gasteiger partial charge in [-0.25, -0.2) is 0 Å². The first-order valence-corrected chi connectivity index (χ1v) is 9.73. The predicted molar refractivity (Wildman–Crippen MR) is 58.9 cm³/mol. The summed E-state index contributed by atoms with van der Waals surface area (Å²) in [6.45, 7) is 0. The van der Waals surface area contributed by atoms with E-state index in [1.807, 2.05) is 0 Å². The zero-order chi connectivity index (χ0) is 13.9. The summed E-state index contributed by atoms with van der Waals surface area (Å²) in [5.74, 6) is 0. The van der Waals surface area contributed by atoms with E-state index in [2.05, 4.69) is 0 Å². The smallest absolute Gasteiger partial charge is 0.324 e. The van der Waals surface area contributed by atoms with E-state index in [0.717, 1.165) is 0 Å². The fourth-order valence-electron chi connectivity index (χ4n) is 1.12. The molecule has 0 aromatic rings. The fourth-order valence-corrected chi connectivity index (χ4v) is 3.75. The zero-order valence-electron chi connectivity index (χ0n) is 8.66. The fraction of sp³-hybridized carbons (Fsp3) is 1.00. The van der Waals surface area contributed by atoms with Crippen LogP contribution in [0, 0.1) is 0 Å². The Balaban J connectivity index is 4.53. The SMILES string of the molecule is O=P(O)(O)CCC(CCP(=O)(O)O)P(=O)(O)O. The zero-order valence-corrected chi connectivity index (χ0v) is 11.3. The number of hydrogen-bond acceptors (Lipinski definition) is 3. The molecule has 0 saturated heterocycles. The highest BCUT2D eigenvalue weighted by Gasteiger charge is 2.32. The van der Waals surface area contributed by atoms with Crippen LogP contribution in [0.1, 0.15) is 12.8 Å². The molecule has 0 heterocycles. The summed E-state index contributed by atoms with van der Waals surface area (Å²) < 4.78 is 32.1. The summed E-state index contributed by atoms with van der Waals surface area (Å²) in [5, 5.41) is 0. The molecule has 0 aromatic carbocycles. The van der Waals surface area contributed by atoms with Gasteiger partial charge in [0.2, 0.25) is 0 Å². The van der Waals surface area contributed by atoms with E-state index in [9.17, 15) is 13.7 Å². The maximum absolute atomic E-state index is 11.0. The lowest BCUT2D eigenvalue weighted by Gasteiger charge is -2.18. The van der Waals surface area contributed by atoms with Crippen molar-refractivity contribution >= 4 is 22.8 Å². The van der Waals surface area contributed by atoms with Crippen molar-refractivity contribution in [3.8, 4) is 0 Å². The van der Waals surface area contributed by atoms with Crippen molar-refractivity contribution < 1.29 is 43.1 Å². The first kappa shape index (κ1) is 17.4. The van der Waals surface area contributed by atoms with Gasteiger partial charge in [-0.05, 0) is 12.8 Å². The van der Waals surface area contributed by atoms with Gasteiger partial charge in [0.25, 0.3) is 0 Å². The van der Waals surface area contributed by atoms with Crippen molar-refractivity contribution in [3.05, 3.63) is 0 Å². The van der Waals surface area contributed by atoms with Gasteiger partial charge in [-0.1, -0.05) is 0 Å². The molecule has 9 nitrogen and oxygen atoms in total. The summed E-state index contributed by atoms with van der Waals surface area (Å²) in [6.07, 6.45) is -2.45. The second kappa shape index (κ2) is 6.06. The van der Waals surface area contributed by atoms with Crippen LogP contribution >= 0.6 is 22.8 Å². The van der Waals surface area contributed by atoms with E-state index in [0.29, 0.717) is 0 Å². The third-order valence-electron chi connectivity index (χ3n) is 1.98.